The van der Waals surface area contributed by atoms with Gasteiger partial charge in [-0.3, -0.25) is 0 Å². The predicted octanol–water partition coefficient (Wildman–Crippen LogP) is 2.68. The molecule has 21 heavy (non-hydrogen) atoms. The van der Waals surface area contributed by atoms with E-state index in [-0.39, 0.29) is 0 Å². The molecule has 0 saturated carbocycles. The summed E-state index contributed by atoms with van der Waals surface area (Å²) in [5.74, 6) is 0.486. The van der Waals surface area contributed by atoms with Crippen molar-refractivity contribution >= 4 is 10.0 Å². The fourth-order valence-electron chi connectivity index (χ4n) is 2.10. The molecule has 0 aromatic heterocycles. The van der Waals surface area contributed by atoms with Gasteiger partial charge in [-0.05, 0) is 48.6 Å². The van der Waals surface area contributed by atoms with Crippen LogP contribution >= 0.6 is 0 Å². The Labute approximate surface area is 129 Å². The summed E-state index contributed by atoms with van der Waals surface area (Å²) in [5.41, 5.74) is 2.25. The summed E-state index contributed by atoms with van der Waals surface area (Å²) >= 11 is 0. The summed E-state index contributed by atoms with van der Waals surface area (Å²) in [6.07, 6.45) is 1.75. The maximum atomic E-state index is 12.3. The minimum atomic E-state index is -3.41. The van der Waals surface area contributed by atoms with Crippen LogP contribution in [0.15, 0.2) is 23.1 Å². The van der Waals surface area contributed by atoms with Crippen LogP contribution in [0.1, 0.15) is 45.2 Å². The third kappa shape index (κ3) is 5.77. The monoisotopic (exact) mass is 312 g/mol. The summed E-state index contributed by atoms with van der Waals surface area (Å²) in [6.45, 7) is 10.3. The number of benzene rings is 1. The van der Waals surface area contributed by atoms with Gasteiger partial charge in [0, 0.05) is 13.1 Å². The van der Waals surface area contributed by atoms with Crippen molar-refractivity contribution in [2.45, 2.75) is 52.0 Å². The molecular formula is C16H28N2O2S. The smallest absolute Gasteiger partial charge is 0.240 e. The summed E-state index contributed by atoms with van der Waals surface area (Å²) < 4.78 is 27.3. The Morgan fingerprint density at radius 3 is 2.43 bits per heavy atom. The van der Waals surface area contributed by atoms with Crippen molar-refractivity contribution in [1.29, 1.82) is 0 Å². The third-order valence-electron chi connectivity index (χ3n) is 3.45. The zero-order valence-electron chi connectivity index (χ0n) is 13.6. The highest BCUT2D eigenvalue weighted by Crippen LogP contribution is 2.17. The zero-order valence-corrected chi connectivity index (χ0v) is 14.4. The Balaban J connectivity index is 2.90. The molecule has 4 nitrogen and oxygen atoms in total. The van der Waals surface area contributed by atoms with Gasteiger partial charge in [-0.25, -0.2) is 13.1 Å². The highest BCUT2D eigenvalue weighted by molar-refractivity contribution is 7.89. The van der Waals surface area contributed by atoms with Gasteiger partial charge >= 0.3 is 0 Å². The lowest BCUT2D eigenvalue weighted by molar-refractivity contribution is 0.551. The average Bonchev–Trinajstić information content (AvgIpc) is 2.44. The second-order valence-corrected chi connectivity index (χ2v) is 7.41. The quantitative estimate of drug-likeness (QED) is 0.737. The van der Waals surface area contributed by atoms with Gasteiger partial charge in [0.2, 0.25) is 10.0 Å². The fraction of sp³-hybridized carbons (Fsp3) is 0.625. The van der Waals surface area contributed by atoms with Crippen LogP contribution in [0.5, 0.6) is 0 Å². The molecule has 0 unspecified atom stereocenters. The number of rotatable bonds is 9. The SMILES string of the molecule is CCNCc1cc(S(=O)(=O)NCCC(C)C)ccc1CC. The summed E-state index contributed by atoms with van der Waals surface area (Å²) in [7, 11) is -3.41. The van der Waals surface area contributed by atoms with Gasteiger partial charge < -0.3 is 5.32 Å². The molecule has 5 heteroatoms. The van der Waals surface area contributed by atoms with E-state index >= 15 is 0 Å². The van der Waals surface area contributed by atoms with E-state index in [4.69, 9.17) is 0 Å². The molecule has 0 amide bonds. The van der Waals surface area contributed by atoms with Crippen LogP contribution in [-0.4, -0.2) is 21.5 Å². The van der Waals surface area contributed by atoms with E-state index in [1.54, 1.807) is 12.1 Å². The van der Waals surface area contributed by atoms with Crippen molar-refractivity contribution in [3.63, 3.8) is 0 Å². The first-order valence-corrected chi connectivity index (χ1v) is 9.21. The average molecular weight is 312 g/mol. The molecule has 2 N–H and O–H groups in total. The normalized spacial score (nSPS) is 12.0. The molecule has 1 aromatic rings. The lowest BCUT2D eigenvalue weighted by Crippen LogP contribution is -2.26. The number of sulfonamides is 1. The van der Waals surface area contributed by atoms with E-state index in [1.165, 1.54) is 5.56 Å². The van der Waals surface area contributed by atoms with Crippen molar-refractivity contribution < 1.29 is 8.42 Å². The molecule has 0 heterocycles. The second-order valence-electron chi connectivity index (χ2n) is 5.64. The van der Waals surface area contributed by atoms with Crippen LogP contribution in [-0.2, 0) is 23.0 Å². The maximum Gasteiger partial charge on any atom is 0.240 e. The van der Waals surface area contributed by atoms with Crippen LogP contribution in [0, 0.1) is 5.92 Å². The van der Waals surface area contributed by atoms with E-state index in [0.717, 1.165) is 24.9 Å². The molecule has 0 spiro atoms. The Bertz CT molecular complexity index is 539. The topological polar surface area (TPSA) is 58.2 Å². The molecule has 1 rings (SSSR count). The van der Waals surface area contributed by atoms with Crippen molar-refractivity contribution in [2.24, 2.45) is 5.92 Å². The molecule has 0 atom stereocenters. The van der Waals surface area contributed by atoms with Gasteiger partial charge in [0.05, 0.1) is 4.90 Å². The first-order valence-electron chi connectivity index (χ1n) is 7.72. The molecule has 0 fully saturated rings. The predicted molar refractivity (Wildman–Crippen MR) is 87.8 cm³/mol. The highest BCUT2D eigenvalue weighted by atomic mass is 32.2. The number of hydrogen-bond acceptors (Lipinski definition) is 3. The lowest BCUT2D eigenvalue weighted by Gasteiger charge is -2.13. The molecule has 1 aromatic carbocycles. The van der Waals surface area contributed by atoms with Gasteiger partial charge in [0.15, 0.2) is 0 Å². The number of nitrogens with one attached hydrogen (secondary N) is 2. The van der Waals surface area contributed by atoms with E-state index in [0.29, 0.717) is 23.9 Å². The molecular weight excluding hydrogens is 284 g/mol. The van der Waals surface area contributed by atoms with Gasteiger partial charge in [-0.2, -0.15) is 0 Å². The highest BCUT2D eigenvalue weighted by Gasteiger charge is 2.15. The van der Waals surface area contributed by atoms with Crippen molar-refractivity contribution in [3.8, 4) is 0 Å². The molecule has 120 valence electrons. The minimum Gasteiger partial charge on any atom is -0.313 e. The molecule has 0 aliphatic carbocycles. The van der Waals surface area contributed by atoms with E-state index in [2.05, 4.69) is 30.8 Å². The Morgan fingerprint density at radius 2 is 1.86 bits per heavy atom. The van der Waals surface area contributed by atoms with E-state index in [1.807, 2.05) is 13.0 Å². The van der Waals surface area contributed by atoms with Gasteiger partial charge in [0.25, 0.3) is 0 Å². The third-order valence-corrected chi connectivity index (χ3v) is 4.91. The Morgan fingerprint density at radius 1 is 1.14 bits per heavy atom. The minimum absolute atomic E-state index is 0.358. The Kier molecular flexibility index (Phi) is 7.35. The molecule has 0 radical (unpaired) electrons. The second kappa shape index (κ2) is 8.51. The number of aryl methyl sites for hydroxylation is 1. The van der Waals surface area contributed by atoms with Crippen molar-refractivity contribution in [1.82, 2.24) is 10.0 Å². The van der Waals surface area contributed by atoms with Crippen LogP contribution in [0.2, 0.25) is 0 Å². The summed E-state index contributed by atoms with van der Waals surface area (Å²) in [6, 6.07) is 5.41. The fourth-order valence-corrected chi connectivity index (χ4v) is 3.20. The van der Waals surface area contributed by atoms with Crippen molar-refractivity contribution in [3.05, 3.63) is 29.3 Å². The van der Waals surface area contributed by atoms with Crippen LogP contribution in [0.4, 0.5) is 0 Å². The molecule has 0 bridgehead atoms. The van der Waals surface area contributed by atoms with E-state index in [9.17, 15) is 8.42 Å². The maximum absolute atomic E-state index is 12.3. The standard InChI is InChI=1S/C16H28N2O2S/c1-5-14-7-8-16(11-15(14)12-17-6-2)21(19,20)18-10-9-13(3)4/h7-8,11,13,17-18H,5-6,9-10,12H2,1-4H3. The molecule has 0 aliphatic rings. The first kappa shape index (κ1) is 18.1. The molecule has 0 aliphatic heterocycles. The van der Waals surface area contributed by atoms with Gasteiger partial charge in [0.1, 0.15) is 0 Å². The van der Waals surface area contributed by atoms with Crippen LogP contribution < -0.4 is 10.0 Å². The Hall–Kier alpha value is -0.910. The number of hydrogen-bond donors (Lipinski definition) is 2. The van der Waals surface area contributed by atoms with Gasteiger partial charge in [-0.1, -0.05) is 33.8 Å². The van der Waals surface area contributed by atoms with Crippen LogP contribution in [0.3, 0.4) is 0 Å². The largest absolute Gasteiger partial charge is 0.313 e. The summed E-state index contributed by atoms with van der Waals surface area (Å²) in [4.78, 5) is 0.358. The first-order chi connectivity index (χ1) is 9.90. The summed E-state index contributed by atoms with van der Waals surface area (Å²) in [5, 5.41) is 3.26. The molecule has 0 saturated heterocycles. The van der Waals surface area contributed by atoms with Crippen molar-refractivity contribution in [2.75, 3.05) is 13.1 Å². The lowest BCUT2D eigenvalue weighted by atomic mass is 10.1. The van der Waals surface area contributed by atoms with Crippen LogP contribution in [0.25, 0.3) is 0 Å². The van der Waals surface area contributed by atoms with Gasteiger partial charge in [-0.15, -0.1) is 0 Å². The van der Waals surface area contributed by atoms with E-state index < -0.39 is 10.0 Å². The zero-order chi connectivity index (χ0) is 15.9.